The molecule has 0 aliphatic carbocycles. The Morgan fingerprint density at radius 1 is 1.26 bits per heavy atom. The average Bonchev–Trinajstić information content (AvgIpc) is 3.35. The lowest BCUT2D eigenvalue weighted by Gasteiger charge is -2.16. The van der Waals surface area contributed by atoms with Crippen molar-refractivity contribution in [1.82, 2.24) is 14.5 Å². The van der Waals surface area contributed by atoms with Gasteiger partial charge in [-0.3, -0.25) is 0 Å². The minimum atomic E-state index is -0.364. The van der Waals surface area contributed by atoms with Gasteiger partial charge in [-0.1, -0.05) is 11.9 Å². The highest BCUT2D eigenvalue weighted by atomic mass is 32.2. The van der Waals surface area contributed by atoms with Crippen LogP contribution < -0.4 is 0 Å². The molecule has 1 unspecified atom stereocenters. The van der Waals surface area contributed by atoms with E-state index in [4.69, 9.17) is 4.74 Å². The summed E-state index contributed by atoms with van der Waals surface area (Å²) < 4.78 is 22.8. The number of aromatic amines is 1. The van der Waals surface area contributed by atoms with Crippen molar-refractivity contribution >= 4 is 27.4 Å². The van der Waals surface area contributed by atoms with Crippen LogP contribution >= 0.6 is 10.5 Å². The normalized spacial score (nSPS) is 12.2. The first-order valence-corrected chi connectivity index (χ1v) is 11.8. The molecule has 7 heteroatoms. The van der Waals surface area contributed by atoms with Crippen molar-refractivity contribution in [3.05, 3.63) is 65.7 Å². The number of nitrogens with one attached hydrogen (secondary N) is 1. The third-order valence-corrected chi connectivity index (χ3v) is 5.99. The minimum absolute atomic E-state index is 0.0190. The number of hydrogen-bond donors (Lipinski definition) is 1. The number of nitriles is 1. The maximum Gasteiger partial charge on any atom is 0.137 e. The second-order valence-electron chi connectivity index (χ2n) is 7.44. The van der Waals surface area contributed by atoms with Gasteiger partial charge in [-0.2, -0.15) is 15.7 Å². The fourth-order valence-electron chi connectivity index (χ4n) is 3.64. The lowest BCUT2D eigenvalue weighted by Crippen LogP contribution is -2.09. The topological polar surface area (TPSA) is 66.6 Å². The predicted molar refractivity (Wildman–Crippen MR) is 126 cm³/mol. The first-order chi connectivity index (χ1) is 15.0. The molecule has 0 saturated heterocycles. The smallest absolute Gasteiger partial charge is 0.137 e. The number of ether oxygens (including phenoxy) is 1. The number of hydrogen-bond acceptors (Lipinski definition) is 3. The Kier molecular flexibility index (Phi) is 6.03. The highest BCUT2D eigenvalue weighted by Gasteiger charge is 2.22. The van der Waals surface area contributed by atoms with Gasteiger partial charge in [0.2, 0.25) is 0 Å². The molecule has 0 radical (unpaired) electrons. The molecule has 1 N–H and O–H groups in total. The van der Waals surface area contributed by atoms with Gasteiger partial charge in [-0.05, 0) is 49.1 Å². The summed E-state index contributed by atoms with van der Waals surface area (Å²) in [6.07, 6.45) is 5.61. The Balaban J connectivity index is 1.90. The summed E-state index contributed by atoms with van der Waals surface area (Å²) in [5.74, 6) is 4.49. The highest BCUT2D eigenvalue weighted by molar-refractivity contribution is 8.13. The molecule has 3 heterocycles. The number of fused-ring (bicyclic) bond motifs is 1. The van der Waals surface area contributed by atoms with E-state index in [2.05, 4.69) is 28.2 Å². The van der Waals surface area contributed by atoms with Crippen LogP contribution in [0.15, 0.2) is 48.8 Å². The molecule has 0 bridgehead atoms. The van der Waals surface area contributed by atoms with E-state index in [9.17, 15) is 9.65 Å². The Bertz CT molecular complexity index is 1320. The van der Waals surface area contributed by atoms with Crippen molar-refractivity contribution in [2.75, 3.05) is 18.6 Å². The Morgan fingerprint density at radius 2 is 2.10 bits per heavy atom. The van der Waals surface area contributed by atoms with E-state index in [1.807, 2.05) is 35.9 Å². The van der Waals surface area contributed by atoms with E-state index in [0.29, 0.717) is 23.4 Å². The van der Waals surface area contributed by atoms with Gasteiger partial charge in [0.05, 0.1) is 23.6 Å². The molecular weight excluding hydrogens is 411 g/mol. The third-order valence-electron chi connectivity index (χ3n) is 5.13. The Morgan fingerprint density at radius 3 is 2.84 bits per heavy atom. The molecule has 0 saturated carbocycles. The molecule has 0 aliphatic rings. The Hall–Kier alpha value is -3.21. The van der Waals surface area contributed by atoms with Crippen LogP contribution in [-0.4, -0.2) is 39.0 Å². The van der Waals surface area contributed by atoms with Crippen LogP contribution in [0.2, 0.25) is 0 Å². The first kappa shape index (κ1) is 21.0. The number of H-pyrrole nitrogens is 1. The van der Waals surface area contributed by atoms with E-state index in [1.165, 1.54) is 6.07 Å². The van der Waals surface area contributed by atoms with Crippen molar-refractivity contribution in [2.45, 2.75) is 13.7 Å². The van der Waals surface area contributed by atoms with Crippen LogP contribution in [0.5, 0.6) is 0 Å². The Labute approximate surface area is 183 Å². The molecule has 0 aliphatic heterocycles. The molecule has 4 rings (SSSR count). The summed E-state index contributed by atoms with van der Waals surface area (Å²) in [5.41, 5.74) is 4.54. The number of halogens is 1. The lowest BCUT2D eigenvalue weighted by molar-refractivity contribution is 0.0923. The van der Waals surface area contributed by atoms with E-state index >= 15 is 0 Å². The fraction of sp³-hybridized carbons (Fsp3) is 0.208. The zero-order valence-corrected chi connectivity index (χ0v) is 18.3. The number of rotatable bonds is 7. The van der Waals surface area contributed by atoms with Crippen molar-refractivity contribution in [3.63, 3.8) is 0 Å². The van der Waals surface area contributed by atoms with Crippen molar-refractivity contribution in [1.29, 1.82) is 5.26 Å². The molecule has 5 nitrogen and oxygen atoms in total. The summed E-state index contributed by atoms with van der Waals surface area (Å²) in [7, 11) is 0.0190. The molecule has 158 valence electrons. The SMILES string of the molecule is C=S(C)CCOCn1c(-c2ccnc3[nH]ccc23)cc(C#N)c1-c1ccc(C)cc1F. The molecule has 0 fully saturated rings. The molecule has 0 spiro atoms. The van der Waals surface area contributed by atoms with Crippen LogP contribution in [0.25, 0.3) is 33.5 Å². The summed E-state index contributed by atoms with van der Waals surface area (Å²) in [6, 6.07) is 12.9. The largest absolute Gasteiger partial charge is 0.360 e. The van der Waals surface area contributed by atoms with Crippen molar-refractivity contribution < 1.29 is 9.13 Å². The van der Waals surface area contributed by atoms with Gasteiger partial charge in [0.25, 0.3) is 0 Å². The van der Waals surface area contributed by atoms with Crippen molar-refractivity contribution in [3.8, 4) is 28.6 Å². The zero-order valence-electron chi connectivity index (χ0n) is 17.5. The second-order valence-corrected chi connectivity index (χ2v) is 9.41. The van der Waals surface area contributed by atoms with Crippen LogP contribution in [0.1, 0.15) is 11.1 Å². The van der Waals surface area contributed by atoms with E-state index in [1.54, 1.807) is 18.3 Å². The number of aryl methyl sites for hydroxylation is 1. The third kappa shape index (κ3) is 4.18. The number of pyridine rings is 1. The number of aromatic nitrogens is 3. The average molecular weight is 435 g/mol. The van der Waals surface area contributed by atoms with Gasteiger partial charge < -0.3 is 14.3 Å². The van der Waals surface area contributed by atoms with Gasteiger partial charge in [-0.25, -0.2) is 9.37 Å². The first-order valence-electron chi connectivity index (χ1n) is 9.82. The monoisotopic (exact) mass is 434 g/mol. The standard InChI is InChI=1S/C24H23FN4OS/c1-16-4-5-20(21(25)12-16)23-17(14-26)13-22(29(23)15-30-10-11-31(2)3)18-6-8-27-24-19(18)7-9-28-24/h4-9,12-13H,2,10-11,15H2,1,3H3,(H,27,28). The van der Waals surface area contributed by atoms with Crippen LogP contribution in [0.3, 0.4) is 0 Å². The van der Waals surface area contributed by atoms with Crippen molar-refractivity contribution in [2.24, 2.45) is 0 Å². The minimum Gasteiger partial charge on any atom is -0.360 e. The quantitative estimate of drug-likeness (QED) is 0.316. The molecule has 3 aromatic heterocycles. The molecule has 31 heavy (non-hydrogen) atoms. The lowest BCUT2D eigenvalue weighted by atomic mass is 10.1. The van der Waals surface area contributed by atoms with Gasteiger partial charge in [0, 0.05) is 34.7 Å². The molecule has 1 atom stereocenters. The zero-order chi connectivity index (χ0) is 22.0. The van der Waals surface area contributed by atoms with E-state index in [-0.39, 0.29) is 23.0 Å². The maximum absolute atomic E-state index is 15.0. The summed E-state index contributed by atoms with van der Waals surface area (Å²) in [4.78, 5) is 7.47. The molecule has 0 amide bonds. The van der Waals surface area contributed by atoms with E-state index < -0.39 is 0 Å². The second kappa shape index (κ2) is 8.88. The molecular formula is C24H23FN4OS. The van der Waals surface area contributed by atoms with Gasteiger partial charge in [0.15, 0.2) is 0 Å². The maximum atomic E-state index is 15.0. The fourth-order valence-corrected chi connectivity index (χ4v) is 4.04. The van der Waals surface area contributed by atoms with E-state index in [0.717, 1.165) is 33.6 Å². The van der Waals surface area contributed by atoms with Gasteiger partial charge >= 0.3 is 0 Å². The summed E-state index contributed by atoms with van der Waals surface area (Å²) >= 11 is 0. The van der Waals surface area contributed by atoms with Gasteiger partial charge in [0.1, 0.15) is 24.3 Å². The molecule has 1 aromatic carbocycles. The predicted octanol–water partition coefficient (Wildman–Crippen LogP) is 5.32. The van der Waals surface area contributed by atoms with Crippen LogP contribution in [-0.2, 0) is 11.5 Å². The number of nitrogens with zero attached hydrogens (tertiary/aromatic N) is 3. The van der Waals surface area contributed by atoms with Gasteiger partial charge in [-0.15, -0.1) is 0 Å². The summed E-state index contributed by atoms with van der Waals surface area (Å²) in [5, 5.41) is 10.8. The molecule has 4 aromatic rings. The van der Waals surface area contributed by atoms with Crippen LogP contribution in [0, 0.1) is 24.1 Å². The summed E-state index contributed by atoms with van der Waals surface area (Å²) in [6.45, 7) is 2.57. The highest BCUT2D eigenvalue weighted by Crippen LogP contribution is 2.36. The number of benzene rings is 1. The van der Waals surface area contributed by atoms with Crippen LogP contribution in [0.4, 0.5) is 4.39 Å².